The Kier molecular flexibility index (Phi) is 6.57. The normalized spacial score (nSPS) is 24.4. The zero-order chi connectivity index (χ0) is 19.3. The van der Waals surface area contributed by atoms with Crippen LogP contribution in [0.15, 0.2) is 0 Å². The Bertz CT molecular complexity index is 632. The van der Waals surface area contributed by atoms with Crippen LogP contribution in [0.3, 0.4) is 0 Å². The van der Waals surface area contributed by atoms with E-state index in [0.29, 0.717) is 12.5 Å². The Morgan fingerprint density at radius 3 is 2.64 bits per heavy atom. The van der Waals surface area contributed by atoms with Gasteiger partial charge in [0.05, 0.1) is 12.6 Å². The summed E-state index contributed by atoms with van der Waals surface area (Å²) in [5.41, 5.74) is 0. The van der Waals surface area contributed by atoms with Crippen LogP contribution in [0.4, 0.5) is 0 Å². The van der Waals surface area contributed by atoms with Gasteiger partial charge in [-0.15, -0.1) is 5.10 Å². The molecular formula is C20H34N6O2. The molecule has 0 radical (unpaired) electrons. The molecule has 1 aromatic heterocycles. The lowest BCUT2D eigenvalue weighted by molar-refractivity contribution is -0.134. The van der Waals surface area contributed by atoms with Crippen molar-refractivity contribution in [1.82, 2.24) is 30.0 Å². The molecule has 8 nitrogen and oxygen atoms in total. The summed E-state index contributed by atoms with van der Waals surface area (Å²) in [6.45, 7) is 7.79. The van der Waals surface area contributed by atoms with Crippen molar-refractivity contribution in [1.29, 1.82) is 0 Å². The molecule has 8 heteroatoms. The molecule has 3 heterocycles. The minimum Gasteiger partial charge on any atom is -0.376 e. The summed E-state index contributed by atoms with van der Waals surface area (Å²) in [6.07, 6.45) is 8.54. The predicted molar refractivity (Wildman–Crippen MR) is 104 cm³/mol. The molecule has 0 spiro atoms. The van der Waals surface area contributed by atoms with Gasteiger partial charge in [-0.05, 0) is 73.9 Å². The maximum atomic E-state index is 13.1. The van der Waals surface area contributed by atoms with Gasteiger partial charge < -0.3 is 9.64 Å². The van der Waals surface area contributed by atoms with Crippen molar-refractivity contribution in [3.05, 3.63) is 5.82 Å². The Hall–Kier alpha value is -1.54. The average Bonchev–Trinajstić information content (AvgIpc) is 3.31. The molecule has 0 bridgehead atoms. The highest BCUT2D eigenvalue weighted by Crippen LogP contribution is 2.28. The number of hydrogen-bond donors (Lipinski definition) is 0. The number of ether oxygens (including phenoxy) is 1. The first-order valence-electron chi connectivity index (χ1n) is 11.0. The molecule has 1 atom stereocenters. The van der Waals surface area contributed by atoms with Crippen molar-refractivity contribution in [2.75, 3.05) is 32.8 Å². The number of likely N-dealkylation sites (tertiary alicyclic amines) is 1. The third-order valence-corrected chi connectivity index (χ3v) is 6.64. The van der Waals surface area contributed by atoms with E-state index in [9.17, 15) is 4.79 Å². The fraction of sp³-hybridized carbons (Fsp3) is 0.900. The Morgan fingerprint density at radius 1 is 1.14 bits per heavy atom. The van der Waals surface area contributed by atoms with E-state index in [1.807, 2.05) is 4.90 Å². The molecule has 4 rings (SSSR count). The second kappa shape index (κ2) is 9.31. The first-order valence-corrected chi connectivity index (χ1v) is 11.0. The molecule has 28 heavy (non-hydrogen) atoms. The van der Waals surface area contributed by atoms with Crippen LogP contribution in [0.1, 0.15) is 57.7 Å². The fourth-order valence-electron chi connectivity index (χ4n) is 4.41. The SMILES string of the molecule is CC1CCN(Cc2nnnn2CC(=O)N(CC2CCC2)CC2CCCO2)CC1. The molecule has 0 N–H and O–H groups in total. The van der Waals surface area contributed by atoms with Crippen LogP contribution in [0.5, 0.6) is 0 Å². The molecule has 2 saturated heterocycles. The molecule has 1 saturated carbocycles. The van der Waals surface area contributed by atoms with Crippen LogP contribution < -0.4 is 0 Å². The first kappa shape index (κ1) is 19.8. The molecule has 1 aliphatic carbocycles. The molecule has 2 aliphatic heterocycles. The van der Waals surface area contributed by atoms with Crippen LogP contribution in [-0.2, 0) is 22.6 Å². The summed E-state index contributed by atoms with van der Waals surface area (Å²) >= 11 is 0. The number of hydrogen-bond acceptors (Lipinski definition) is 6. The monoisotopic (exact) mass is 390 g/mol. The molecule has 156 valence electrons. The second-order valence-electron chi connectivity index (χ2n) is 8.94. The summed E-state index contributed by atoms with van der Waals surface area (Å²) in [6, 6.07) is 0. The Balaban J connectivity index is 1.35. The van der Waals surface area contributed by atoms with Gasteiger partial charge in [-0.2, -0.15) is 0 Å². The van der Waals surface area contributed by atoms with Gasteiger partial charge in [-0.25, -0.2) is 4.68 Å². The third kappa shape index (κ3) is 5.08. The standard InChI is InChI=1S/C20H34N6O2/c1-16-7-9-24(10-8-16)14-19-21-22-23-26(19)15-20(27)25(12-17-4-2-5-17)13-18-6-3-11-28-18/h16-18H,2-15H2,1H3. The smallest absolute Gasteiger partial charge is 0.244 e. The fourth-order valence-corrected chi connectivity index (χ4v) is 4.41. The van der Waals surface area contributed by atoms with Crippen molar-refractivity contribution >= 4 is 5.91 Å². The molecule has 0 aromatic carbocycles. The summed E-state index contributed by atoms with van der Waals surface area (Å²) in [5.74, 6) is 2.35. The van der Waals surface area contributed by atoms with Crippen molar-refractivity contribution in [2.45, 2.75) is 71.1 Å². The molecule has 3 aliphatic rings. The van der Waals surface area contributed by atoms with E-state index in [1.165, 1.54) is 32.1 Å². The summed E-state index contributed by atoms with van der Waals surface area (Å²) < 4.78 is 7.49. The number of rotatable bonds is 8. The van der Waals surface area contributed by atoms with E-state index in [2.05, 4.69) is 27.3 Å². The van der Waals surface area contributed by atoms with Crippen molar-refractivity contribution in [3.63, 3.8) is 0 Å². The van der Waals surface area contributed by atoms with E-state index >= 15 is 0 Å². The van der Waals surface area contributed by atoms with Crippen molar-refractivity contribution in [3.8, 4) is 0 Å². The first-order chi connectivity index (χ1) is 13.7. The lowest BCUT2D eigenvalue weighted by atomic mass is 9.85. The average molecular weight is 391 g/mol. The third-order valence-electron chi connectivity index (χ3n) is 6.64. The van der Waals surface area contributed by atoms with Gasteiger partial charge in [0, 0.05) is 19.7 Å². The van der Waals surface area contributed by atoms with Crippen LogP contribution in [0.25, 0.3) is 0 Å². The van der Waals surface area contributed by atoms with Crippen molar-refractivity contribution in [2.24, 2.45) is 11.8 Å². The highest BCUT2D eigenvalue weighted by molar-refractivity contribution is 5.76. The van der Waals surface area contributed by atoms with Gasteiger partial charge >= 0.3 is 0 Å². The lowest BCUT2D eigenvalue weighted by Gasteiger charge is -2.33. The van der Waals surface area contributed by atoms with Gasteiger partial charge in [-0.1, -0.05) is 13.3 Å². The van der Waals surface area contributed by atoms with Crippen LogP contribution >= 0.6 is 0 Å². The minimum atomic E-state index is 0.114. The van der Waals surface area contributed by atoms with E-state index in [0.717, 1.165) is 57.4 Å². The van der Waals surface area contributed by atoms with Gasteiger partial charge in [-0.3, -0.25) is 9.69 Å². The van der Waals surface area contributed by atoms with Crippen LogP contribution in [0, 0.1) is 11.8 Å². The quantitative estimate of drug-likeness (QED) is 0.673. The van der Waals surface area contributed by atoms with Crippen molar-refractivity contribution < 1.29 is 9.53 Å². The summed E-state index contributed by atoms with van der Waals surface area (Å²) in [7, 11) is 0. The Morgan fingerprint density at radius 2 is 1.96 bits per heavy atom. The Labute approximate surface area is 167 Å². The minimum absolute atomic E-state index is 0.114. The number of carbonyl (C=O) groups excluding carboxylic acids is 1. The van der Waals surface area contributed by atoms with Crippen LogP contribution in [-0.4, -0.2) is 74.8 Å². The molecule has 1 aromatic rings. The number of piperidine rings is 1. The molecule has 1 unspecified atom stereocenters. The number of aromatic nitrogens is 4. The molecular weight excluding hydrogens is 356 g/mol. The van der Waals surface area contributed by atoms with E-state index in [1.54, 1.807) is 4.68 Å². The zero-order valence-corrected chi connectivity index (χ0v) is 17.1. The summed E-state index contributed by atoms with van der Waals surface area (Å²) in [5, 5.41) is 12.2. The highest BCUT2D eigenvalue weighted by atomic mass is 16.5. The number of tetrazole rings is 1. The van der Waals surface area contributed by atoms with E-state index in [4.69, 9.17) is 4.74 Å². The zero-order valence-electron chi connectivity index (χ0n) is 17.1. The lowest BCUT2D eigenvalue weighted by Crippen LogP contribution is -2.43. The number of amides is 1. The topological polar surface area (TPSA) is 76.4 Å². The van der Waals surface area contributed by atoms with Gasteiger partial charge in [0.15, 0.2) is 5.82 Å². The number of nitrogens with zero attached hydrogens (tertiary/aromatic N) is 6. The highest BCUT2D eigenvalue weighted by Gasteiger charge is 2.28. The maximum absolute atomic E-state index is 13.1. The molecule has 1 amide bonds. The number of carbonyl (C=O) groups is 1. The van der Waals surface area contributed by atoms with E-state index < -0.39 is 0 Å². The largest absolute Gasteiger partial charge is 0.376 e. The van der Waals surface area contributed by atoms with Gasteiger partial charge in [0.2, 0.25) is 5.91 Å². The van der Waals surface area contributed by atoms with Gasteiger partial charge in [0.1, 0.15) is 6.54 Å². The van der Waals surface area contributed by atoms with E-state index in [-0.39, 0.29) is 18.6 Å². The van der Waals surface area contributed by atoms with Gasteiger partial charge in [0.25, 0.3) is 0 Å². The molecule has 3 fully saturated rings. The maximum Gasteiger partial charge on any atom is 0.244 e. The predicted octanol–water partition coefficient (Wildman–Crippen LogP) is 1.71. The summed E-state index contributed by atoms with van der Waals surface area (Å²) in [4.78, 5) is 17.5. The second-order valence-corrected chi connectivity index (χ2v) is 8.94. The van der Waals surface area contributed by atoms with Crippen LogP contribution in [0.2, 0.25) is 0 Å².